The molecule has 0 aliphatic heterocycles. The van der Waals surface area contributed by atoms with Gasteiger partial charge in [-0.3, -0.25) is 0 Å². The molecule has 0 atom stereocenters. The number of aryl methyl sites for hydroxylation is 1. The summed E-state index contributed by atoms with van der Waals surface area (Å²) in [4.78, 5) is 12.4. The van der Waals surface area contributed by atoms with Gasteiger partial charge in [0.25, 0.3) is 0 Å². The van der Waals surface area contributed by atoms with Crippen LogP contribution in [-0.2, 0) is 4.74 Å². The van der Waals surface area contributed by atoms with E-state index in [2.05, 4.69) is 6.92 Å². The van der Waals surface area contributed by atoms with Crippen LogP contribution in [0.5, 0.6) is 0 Å². The number of ether oxygens (including phenoxy) is 1. The van der Waals surface area contributed by atoms with Crippen molar-refractivity contribution in [2.45, 2.75) is 18.7 Å². The number of thioether (sulfide) groups is 1. The van der Waals surface area contributed by atoms with Crippen molar-refractivity contribution in [3.8, 4) is 0 Å². The zero-order valence-corrected chi connectivity index (χ0v) is 9.48. The molecule has 1 rings (SSSR count). The van der Waals surface area contributed by atoms with E-state index in [4.69, 9.17) is 4.74 Å². The monoisotopic (exact) mass is 210 g/mol. The van der Waals surface area contributed by atoms with Crippen molar-refractivity contribution in [2.24, 2.45) is 0 Å². The van der Waals surface area contributed by atoms with Crippen LogP contribution in [0.15, 0.2) is 23.1 Å². The molecule has 0 fully saturated rings. The number of benzene rings is 1. The van der Waals surface area contributed by atoms with Crippen LogP contribution in [0.2, 0.25) is 0 Å². The molecule has 0 bridgehead atoms. The minimum Gasteiger partial charge on any atom is -0.465 e. The van der Waals surface area contributed by atoms with E-state index in [9.17, 15) is 4.79 Å². The fourth-order valence-electron chi connectivity index (χ4n) is 1.18. The van der Waals surface area contributed by atoms with E-state index in [1.54, 1.807) is 11.8 Å². The highest BCUT2D eigenvalue weighted by molar-refractivity contribution is 7.99. The van der Waals surface area contributed by atoms with Crippen LogP contribution in [0.4, 0.5) is 0 Å². The lowest BCUT2D eigenvalue weighted by Crippen LogP contribution is -2.03. The van der Waals surface area contributed by atoms with Crippen LogP contribution in [0, 0.1) is 6.92 Å². The molecular formula is C11H14O2S. The summed E-state index contributed by atoms with van der Waals surface area (Å²) in [6, 6.07) is 5.76. The molecule has 2 nitrogen and oxygen atoms in total. The summed E-state index contributed by atoms with van der Waals surface area (Å²) in [5, 5.41) is 0. The standard InChI is InChI=1S/C11H14O2S/c1-4-14-10-7-8(2)5-6-9(10)11(12)13-3/h5-7H,4H2,1-3H3. The SMILES string of the molecule is CCSc1cc(C)ccc1C(=O)OC. The largest absolute Gasteiger partial charge is 0.465 e. The van der Waals surface area contributed by atoms with Gasteiger partial charge in [-0.05, 0) is 30.4 Å². The van der Waals surface area contributed by atoms with E-state index >= 15 is 0 Å². The lowest BCUT2D eigenvalue weighted by Gasteiger charge is -2.07. The summed E-state index contributed by atoms with van der Waals surface area (Å²) < 4.78 is 4.71. The highest BCUT2D eigenvalue weighted by atomic mass is 32.2. The lowest BCUT2D eigenvalue weighted by molar-refractivity contribution is 0.0597. The van der Waals surface area contributed by atoms with Crippen molar-refractivity contribution in [1.29, 1.82) is 0 Å². The van der Waals surface area contributed by atoms with Crippen LogP contribution >= 0.6 is 11.8 Å². The van der Waals surface area contributed by atoms with Gasteiger partial charge in [0.05, 0.1) is 12.7 Å². The average molecular weight is 210 g/mol. The first-order valence-electron chi connectivity index (χ1n) is 4.50. The Bertz CT molecular complexity index is 334. The molecule has 0 aliphatic carbocycles. The third-order valence-corrected chi connectivity index (χ3v) is 2.78. The van der Waals surface area contributed by atoms with Crippen LogP contribution in [-0.4, -0.2) is 18.8 Å². The second-order valence-corrected chi connectivity index (χ2v) is 4.23. The van der Waals surface area contributed by atoms with Crippen molar-refractivity contribution in [1.82, 2.24) is 0 Å². The Morgan fingerprint density at radius 2 is 2.21 bits per heavy atom. The average Bonchev–Trinajstić information content (AvgIpc) is 2.17. The number of rotatable bonds is 3. The first-order valence-corrected chi connectivity index (χ1v) is 5.49. The number of carbonyl (C=O) groups is 1. The van der Waals surface area contributed by atoms with E-state index in [1.165, 1.54) is 7.11 Å². The Morgan fingerprint density at radius 1 is 1.50 bits per heavy atom. The van der Waals surface area contributed by atoms with E-state index in [0.717, 1.165) is 16.2 Å². The number of hydrogen-bond donors (Lipinski definition) is 0. The second kappa shape index (κ2) is 5.05. The van der Waals surface area contributed by atoms with Crippen LogP contribution in [0.25, 0.3) is 0 Å². The van der Waals surface area contributed by atoms with E-state index in [1.807, 2.05) is 25.1 Å². The molecular weight excluding hydrogens is 196 g/mol. The molecule has 0 radical (unpaired) electrons. The van der Waals surface area contributed by atoms with Gasteiger partial charge in [-0.25, -0.2) is 4.79 Å². The molecule has 1 aromatic carbocycles. The minimum absolute atomic E-state index is 0.263. The predicted octanol–water partition coefficient (Wildman–Crippen LogP) is 2.89. The van der Waals surface area contributed by atoms with Gasteiger partial charge in [-0.15, -0.1) is 11.8 Å². The maximum Gasteiger partial charge on any atom is 0.338 e. The molecule has 0 aromatic heterocycles. The fourth-order valence-corrected chi connectivity index (χ4v) is 2.07. The smallest absolute Gasteiger partial charge is 0.338 e. The Morgan fingerprint density at radius 3 is 2.79 bits per heavy atom. The van der Waals surface area contributed by atoms with Crippen LogP contribution in [0.3, 0.4) is 0 Å². The van der Waals surface area contributed by atoms with Crippen LogP contribution < -0.4 is 0 Å². The van der Waals surface area contributed by atoms with Gasteiger partial charge in [0.1, 0.15) is 0 Å². The zero-order chi connectivity index (χ0) is 10.6. The molecule has 0 N–H and O–H groups in total. The second-order valence-electron chi connectivity index (χ2n) is 2.92. The minimum atomic E-state index is -0.263. The predicted molar refractivity (Wildman–Crippen MR) is 58.9 cm³/mol. The summed E-state index contributed by atoms with van der Waals surface area (Å²) in [6.45, 7) is 4.08. The molecule has 0 saturated heterocycles. The summed E-state index contributed by atoms with van der Waals surface area (Å²) in [5.41, 5.74) is 1.82. The number of carbonyl (C=O) groups excluding carboxylic acids is 1. The van der Waals surface area contributed by atoms with Gasteiger partial charge in [0, 0.05) is 4.90 Å². The Balaban J connectivity index is 3.07. The quantitative estimate of drug-likeness (QED) is 0.567. The molecule has 0 amide bonds. The summed E-state index contributed by atoms with van der Waals surface area (Å²) in [5.74, 6) is 0.689. The third-order valence-electron chi connectivity index (χ3n) is 1.84. The molecule has 14 heavy (non-hydrogen) atoms. The van der Waals surface area contributed by atoms with Gasteiger partial charge in [0.15, 0.2) is 0 Å². The van der Waals surface area contributed by atoms with Gasteiger partial charge in [-0.1, -0.05) is 13.0 Å². The van der Waals surface area contributed by atoms with Gasteiger partial charge in [-0.2, -0.15) is 0 Å². The van der Waals surface area contributed by atoms with Crippen molar-refractivity contribution in [2.75, 3.05) is 12.9 Å². The lowest BCUT2D eigenvalue weighted by atomic mass is 10.1. The van der Waals surface area contributed by atoms with E-state index in [0.29, 0.717) is 5.56 Å². The molecule has 0 spiro atoms. The van der Waals surface area contributed by atoms with Gasteiger partial charge < -0.3 is 4.74 Å². The molecule has 76 valence electrons. The summed E-state index contributed by atoms with van der Waals surface area (Å²) in [6.07, 6.45) is 0. The maximum absolute atomic E-state index is 11.4. The van der Waals surface area contributed by atoms with E-state index < -0.39 is 0 Å². The van der Waals surface area contributed by atoms with Gasteiger partial charge in [0.2, 0.25) is 0 Å². The first kappa shape index (κ1) is 11.1. The Labute approximate surface area is 88.7 Å². The van der Waals surface area contributed by atoms with Gasteiger partial charge >= 0.3 is 5.97 Å². The molecule has 0 aliphatic rings. The topological polar surface area (TPSA) is 26.3 Å². The molecule has 0 unspecified atom stereocenters. The van der Waals surface area contributed by atoms with E-state index in [-0.39, 0.29) is 5.97 Å². The van der Waals surface area contributed by atoms with Crippen LogP contribution in [0.1, 0.15) is 22.8 Å². The van der Waals surface area contributed by atoms with Crippen molar-refractivity contribution >= 4 is 17.7 Å². The summed E-state index contributed by atoms with van der Waals surface area (Å²) >= 11 is 1.66. The number of esters is 1. The fraction of sp³-hybridized carbons (Fsp3) is 0.364. The Hall–Kier alpha value is -0.960. The molecule has 0 heterocycles. The van der Waals surface area contributed by atoms with Crippen molar-refractivity contribution in [3.05, 3.63) is 29.3 Å². The normalized spacial score (nSPS) is 9.93. The molecule has 0 saturated carbocycles. The van der Waals surface area contributed by atoms with Crippen molar-refractivity contribution in [3.63, 3.8) is 0 Å². The highest BCUT2D eigenvalue weighted by Crippen LogP contribution is 2.24. The number of hydrogen-bond acceptors (Lipinski definition) is 3. The molecule has 1 aromatic rings. The zero-order valence-electron chi connectivity index (χ0n) is 8.66. The Kier molecular flexibility index (Phi) is 4.01. The maximum atomic E-state index is 11.4. The van der Waals surface area contributed by atoms with Crippen molar-refractivity contribution < 1.29 is 9.53 Å². The summed E-state index contributed by atoms with van der Waals surface area (Å²) in [7, 11) is 1.41. The first-order chi connectivity index (χ1) is 6.69. The highest BCUT2D eigenvalue weighted by Gasteiger charge is 2.11. The molecule has 3 heteroatoms. The third kappa shape index (κ3) is 2.51. The number of methoxy groups -OCH3 is 1.